The van der Waals surface area contributed by atoms with Crippen LogP contribution in [0.3, 0.4) is 0 Å². The highest BCUT2D eigenvalue weighted by Gasteiger charge is 2.39. The number of benzene rings is 1. The summed E-state index contributed by atoms with van der Waals surface area (Å²) in [5, 5.41) is 6.49. The lowest BCUT2D eigenvalue weighted by atomic mass is 10.1. The van der Waals surface area contributed by atoms with Gasteiger partial charge in [-0.15, -0.1) is 0 Å². The van der Waals surface area contributed by atoms with Crippen molar-refractivity contribution in [1.82, 2.24) is 15.3 Å². The van der Waals surface area contributed by atoms with Gasteiger partial charge in [-0.3, -0.25) is 14.7 Å². The summed E-state index contributed by atoms with van der Waals surface area (Å²) in [7, 11) is 0. The fraction of sp³-hybridized carbons (Fsp3) is 0.0769. The third-order valence-electron chi connectivity index (χ3n) is 3.04. The van der Waals surface area contributed by atoms with Crippen LogP contribution in [0.2, 0.25) is 5.15 Å². The highest BCUT2D eigenvalue weighted by Crippen LogP contribution is 2.24. The molecule has 2 amide bonds. The van der Waals surface area contributed by atoms with E-state index in [4.69, 9.17) is 16.4 Å². The molecule has 2 aromatic rings. The van der Waals surface area contributed by atoms with E-state index in [9.17, 15) is 14.4 Å². The average Bonchev–Trinajstić information content (AvgIpc) is 2.92. The minimum absolute atomic E-state index is 0.0202. The first-order valence-corrected chi connectivity index (χ1v) is 6.29. The van der Waals surface area contributed by atoms with Crippen molar-refractivity contribution in [2.24, 2.45) is 0 Å². The standard InChI is InChI=1S/C13H8ClN3O4/c1-6-9(10(14)16-15-6)13(20)21-17-11(18)7-4-2-3-5-8(7)12(17)19/h2-5H,1H3,(H,15,16). The Labute approximate surface area is 123 Å². The second kappa shape index (κ2) is 4.71. The molecule has 0 radical (unpaired) electrons. The van der Waals surface area contributed by atoms with Crippen LogP contribution in [0.5, 0.6) is 0 Å². The van der Waals surface area contributed by atoms with Gasteiger partial charge in [-0.25, -0.2) is 4.79 Å². The summed E-state index contributed by atoms with van der Waals surface area (Å²) < 4.78 is 0. The van der Waals surface area contributed by atoms with Crippen molar-refractivity contribution >= 4 is 29.4 Å². The highest BCUT2D eigenvalue weighted by molar-refractivity contribution is 6.32. The molecule has 0 saturated heterocycles. The van der Waals surface area contributed by atoms with Gasteiger partial charge in [0.05, 0.1) is 11.1 Å². The van der Waals surface area contributed by atoms with Gasteiger partial charge in [0.1, 0.15) is 5.56 Å². The van der Waals surface area contributed by atoms with Gasteiger partial charge in [-0.05, 0) is 19.1 Å². The molecule has 0 bridgehead atoms. The largest absolute Gasteiger partial charge is 0.368 e. The number of aromatic nitrogens is 2. The van der Waals surface area contributed by atoms with Gasteiger partial charge in [0.25, 0.3) is 11.8 Å². The zero-order valence-corrected chi connectivity index (χ0v) is 11.5. The van der Waals surface area contributed by atoms with E-state index in [1.807, 2.05) is 0 Å². The summed E-state index contributed by atoms with van der Waals surface area (Å²) in [5.41, 5.74) is 0.727. The van der Waals surface area contributed by atoms with Crippen molar-refractivity contribution in [2.45, 2.75) is 6.92 Å². The maximum Gasteiger partial charge on any atom is 0.368 e. The quantitative estimate of drug-likeness (QED) is 0.853. The molecule has 2 heterocycles. The molecule has 1 N–H and O–H groups in total. The van der Waals surface area contributed by atoms with Crippen molar-refractivity contribution in [3.8, 4) is 0 Å². The predicted octanol–water partition coefficient (Wildman–Crippen LogP) is 1.74. The number of carbonyl (C=O) groups excluding carboxylic acids is 3. The lowest BCUT2D eigenvalue weighted by molar-refractivity contribution is -0.0585. The molecular weight excluding hydrogens is 298 g/mol. The summed E-state index contributed by atoms with van der Waals surface area (Å²) in [4.78, 5) is 41.0. The highest BCUT2D eigenvalue weighted by atomic mass is 35.5. The summed E-state index contributed by atoms with van der Waals surface area (Å²) in [6.45, 7) is 1.57. The smallest absolute Gasteiger partial charge is 0.324 e. The monoisotopic (exact) mass is 305 g/mol. The molecule has 1 aromatic carbocycles. The maximum absolute atomic E-state index is 12.1. The van der Waals surface area contributed by atoms with Gasteiger partial charge >= 0.3 is 5.97 Å². The molecule has 1 aliphatic heterocycles. The van der Waals surface area contributed by atoms with E-state index >= 15 is 0 Å². The Balaban J connectivity index is 1.89. The molecule has 0 atom stereocenters. The molecule has 0 fully saturated rings. The third kappa shape index (κ3) is 1.98. The van der Waals surface area contributed by atoms with Gasteiger partial charge in [0.2, 0.25) is 0 Å². The van der Waals surface area contributed by atoms with E-state index in [0.29, 0.717) is 10.8 Å². The molecular formula is C13H8ClN3O4. The number of fused-ring (bicyclic) bond motifs is 1. The number of nitrogens with zero attached hydrogens (tertiary/aromatic N) is 2. The second-order valence-corrected chi connectivity index (χ2v) is 4.70. The first-order chi connectivity index (χ1) is 10.0. The Hall–Kier alpha value is -2.67. The number of aryl methyl sites for hydroxylation is 1. The Bertz CT molecular complexity index is 729. The maximum atomic E-state index is 12.1. The van der Waals surface area contributed by atoms with Crippen LogP contribution in [0.25, 0.3) is 0 Å². The van der Waals surface area contributed by atoms with Gasteiger partial charge < -0.3 is 4.84 Å². The van der Waals surface area contributed by atoms with E-state index < -0.39 is 17.8 Å². The van der Waals surface area contributed by atoms with E-state index in [-0.39, 0.29) is 21.8 Å². The molecule has 0 saturated carbocycles. The fourth-order valence-corrected chi connectivity index (χ4v) is 2.28. The zero-order valence-electron chi connectivity index (χ0n) is 10.7. The van der Waals surface area contributed by atoms with Crippen molar-refractivity contribution < 1.29 is 19.2 Å². The van der Waals surface area contributed by atoms with Gasteiger partial charge in [0, 0.05) is 5.69 Å². The molecule has 3 rings (SSSR count). The molecule has 0 spiro atoms. The Morgan fingerprint density at radius 2 is 1.81 bits per heavy atom. The molecule has 1 aromatic heterocycles. The van der Waals surface area contributed by atoms with E-state index in [1.165, 1.54) is 12.1 Å². The number of hydroxylamine groups is 2. The Morgan fingerprint density at radius 1 is 1.24 bits per heavy atom. The van der Waals surface area contributed by atoms with Crippen molar-refractivity contribution in [3.05, 3.63) is 51.8 Å². The first kappa shape index (κ1) is 13.3. The molecule has 7 nitrogen and oxygen atoms in total. The van der Waals surface area contributed by atoms with Crippen LogP contribution in [0, 0.1) is 6.92 Å². The van der Waals surface area contributed by atoms with Gasteiger partial charge in [-0.1, -0.05) is 28.8 Å². The van der Waals surface area contributed by atoms with E-state index in [1.54, 1.807) is 19.1 Å². The summed E-state index contributed by atoms with van der Waals surface area (Å²) >= 11 is 5.76. The van der Waals surface area contributed by atoms with Crippen LogP contribution >= 0.6 is 11.6 Å². The SMILES string of the molecule is Cc1[nH]nc(Cl)c1C(=O)ON1C(=O)c2ccccc2C1=O. The van der Waals surface area contributed by atoms with E-state index in [0.717, 1.165) is 0 Å². The van der Waals surface area contributed by atoms with Crippen molar-refractivity contribution in [2.75, 3.05) is 0 Å². The van der Waals surface area contributed by atoms with Crippen LogP contribution in [-0.4, -0.2) is 33.0 Å². The van der Waals surface area contributed by atoms with Gasteiger partial charge in [-0.2, -0.15) is 5.10 Å². The number of aromatic amines is 1. The molecule has 21 heavy (non-hydrogen) atoms. The topological polar surface area (TPSA) is 92.4 Å². The van der Waals surface area contributed by atoms with Crippen molar-refractivity contribution in [3.63, 3.8) is 0 Å². The minimum Gasteiger partial charge on any atom is -0.324 e. The number of nitrogens with one attached hydrogen (secondary N) is 1. The lowest BCUT2D eigenvalue weighted by Crippen LogP contribution is -2.32. The average molecular weight is 306 g/mol. The third-order valence-corrected chi connectivity index (χ3v) is 3.31. The van der Waals surface area contributed by atoms with Crippen LogP contribution in [0.1, 0.15) is 36.8 Å². The molecule has 0 unspecified atom stereocenters. The number of H-pyrrole nitrogens is 1. The molecule has 1 aliphatic rings. The number of hydrogen-bond donors (Lipinski definition) is 1. The van der Waals surface area contributed by atoms with Gasteiger partial charge in [0.15, 0.2) is 5.15 Å². The van der Waals surface area contributed by atoms with Crippen LogP contribution in [0.4, 0.5) is 0 Å². The van der Waals surface area contributed by atoms with Crippen LogP contribution < -0.4 is 0 Å². The Morgan fingerprint density at radius 3 is 2.29 bits per heavy atom. The fourth-order valence-electron chi connectivity index (χ4n) is 2.02. The van der Waals surface area contributed by atoms with Crippen molar-refractivity contribution in [1.29, 1.82) is 0 Å². The number of imide groups is 1. The summed E-state index contributed by atoms with van der Waals surface area (Å²) in [6, 6.07) is 6.21. The molecule has 106 valence electrons. The predicted molar refractivity (Wildman–Crippen MR) is 70.7 cm³/mol. The summed E-state index contributed by atoms with van der Waals surface area (Å²) in [6.07, 6.45) is 0. The lowest BCUT2D eigenvalue weighted by Gasteiger charge is -2.12. The number of halogens is 1. The zero-order chi connectivity index (χ0) is 15.1. The first-order valence-electron chi connectivity index (χ1n) is 5.91. The van der Waals surface area contributed by atoms with E-state index in [2.05, 4.69) is 10.2 Å². The molecule has 0 aliphatic carbocycles. The summed E-state index contributed by atoms with van der Waals surface area (Å²) in [5.74, 6) is -2.32. The number of rotatable bonds is 2. The van der Waals surface area contributed by atoms with Crippen LogP contribution in [0.15, 0.2) is 24.3 Å². The Kier molecular flexibility index (Phi) is 2.99. The second-order valence-electron chi connectivity index (χ2n) is 4.34. The minimum atomic E-state index is -0.930. The number of carbonyl (C=O) groups is 3. The molecule has 8 heteroatoms. The van der Waals surface area contributed by atoms with Crippen LogP contribution in [-0.2, 0) is 4.84 Å². The normalized spacial score (nSPS) is 13.5. The number of amides is 2. The number of hydrogen-bond acceptors (Lipinski definition) is 5.